The quantitative estimate of drug-likeness (QED) is 0.442. The van der Waals surface area contributed by atoms with Crippen LogP contribution in [0.5, 0.6) is 5.75 Å². The molecule has 3 aromatic carbocycles. The van der Waals surface area contributed by atoms with E-state index in [1.807, 2.05) is 55.5 Å². The molecule has 28 heavy (non-hydrogen) atoms. The molecule has 0 spiro atoms. The Balaban J connectivity index is 1.62. The number of rotatable bonds is 7. The van der Waals surface area contributed by atoms with Gasteiger partial charge in [-0.1, -0.05) is 42.0 Å². The summed E-state index contributed by atoms with van der Waals surface area (Å²) < 4.78 is 5.16. The Hall–Kier alpha value is -3.05. The number of ketones is 1. The summed E-state index contributed by atoms with van der Waals surface area (Å²) in [6.07, 6.45) is 0. The Morgan fingerprint density at radius 3 is 2.43 bits per heavy atom. The summed E-state index contributed by atoms with van der Waals surface area (Å²) in [5, 5.41) is 2.88. The van der Waals surface area contributed by atoms with E-state index < -0.39 is 0 Å². The van der Waals surface area contributed by atoms with Gasteiger partial charge in [-0.05, 0) is 43.3 Å². The molecule has 0 unspecified atom stereocenters. The van der Waals surface area contributed by atoms with Crippen LogP contribution in [0.1, 0.15) is 26.3 Å². The second kappa shape index (κ2) is 9.24. The zero-order valence-electron chi connectivity index (χ0n) is 15.8. The number of aryl methyl sites for hydroxylation is 1. The van der Waals surface area contributed by atoms with Crippen LogP contribution in [-0.2, 0) is 0 Å². The van der Waals surface area contributed by atoms with Gasteiger partial charge in [0.15, 0.2) is 5.78 Å². The highest BCUT2D eigenvalue weighted by Gasteiger charge is 2.09. The number of methoxy groups -OCH3 is 1. The standard InChI is InChI=1S/C23H21NO3S/c1-16-9-11-17(12-10-16)22(25)15-28-21-8-4-6-19(14-21)24-23(26)18-5-3-7-20(13-18)27-2/h3-14H,15H2,1-2H3,(H,24,26). The predicted octanol–water partition coefficient (Wildman–Crippen LogP) is 5.23. The summed E-state index contributed by atoms with van der Waals surface area (Å²) in [6.45, 7) is 1.99. The molecule has 0 aromatic heterocycles. The van der Waals surface area contributed by atoms with E-state index >= 15 is 0 Å². The monoisotopic (exact) mass is 391 g/mol. The molecule has 0 aliphatic carbocycles. The van der Waals surface area contributed by atoms with E-state index in [0.717, 1.165) is 10.5 Å². The molecule has 0 saturated heterocycles. The van der Waals surface area contributed by atoms with Crippen molar-refractivity contribution < 1.29 is 14.3 Å². The van der Waals surface area contributed by atoms with Crippen molar-refractivity contribution in [1.82, 2.24) is 0 Å². The number of carbonyl (C=O) groups is 2. The van der Waals surface area contributed by atoms with Crippen molar-refractivity contribution >= 4 is 29.1 Å². The lowest BCUT2D eigenvalue weighted by Gasteiger charge is -2.08. The molecule has 0 aliphatic heterocycles. The summed E-state index contributed by atoms with van der Waals surface area (Å²) in [6, 6.07) is 22.0. The fourth-order valence-electron chi connectivity index (χ4n) is 2.60. The third-order valence-electron chi connectivity index (χ3n) is 4.17. The summed E-state index contributed by atoms with van der Waals surface area (Å²) in [4.78, 5) is 25.7. The number of ether oxygens (including phenoxy) is 1. The van der Waals surface area contributed by atoms with Gasteiger partial charge in [0.25, 0.3) is 5.91 Å². The maximum Gasteiger partial charge on any atom is 0.255 e. The molecule has 0 bridgehead atoms. The Morgan fingerprint density at radius 2 is 1.68 bits per heavy atom. The number of thioether (sulfide) groups is 1. The molecule has 3 aromatic rings. The van der Waals surface area contributed by atoms with E-state index in [1.54, 1.807) is 31.4 Å². The van der Waals surface area contributed by atoms with Gasteiger partial charge in [0.2, 0.25) is 0 Å². The van der Waals surface area contributed by atoms with Crippen LogP contribution in [-0.4, -0.2) is 24.6 Å². The van der Waals surface area contributed by atoms with Crippen molar-refractivity contribution in [3.8, 4) is 5.75 Å². The summed E-state index contributed by atoms with van der Waals surface area (Å²) in [7, 11) is 1.57. The first-order chi connectivity index (χ1) is 13.5. The molecule has 4 nitrogen and oxygen atoms in total. The number of anilines is 1. The van der Waals surface area contributed by atoms with Gasteiger partial charge in [-0.25, -0.2) is 0 Å². The molecule has 0 atom stereocenters. The van der Waals surface area contributed by atoms with E-state index in [4.69, 9.17) is 4.74 Å². The first-order valence-corrected chi connectivity index (χ1v) is 9.82. The number of benzene rings is 3. The van der Waals surface area contributed by atoms with Gasteiger partial charge >= 0.3 is 0 Å². The Kier molecular flexibility index (Phi) is 6.50. The fourth-order valence-corrected chi connectivity index (χ4v) is 3.45. The van der Waals surface area contributed by atoms with Gasteiger partial charge in [-0.3, -0.25) is 9.59 Å². The SMILES string of the molecule is COc1cccc(C(=O)Nc2cccc(SCC(=O)c3ccc(C)cc3)c2)c1. The minimum Gasteiger partial charge on any atom is -0.497 e. The normalized spacial score (nSPS) is 10.4. The smallest absolute Gasteiger partial charge is 0.255 e. The summed E-state index contributed by atoms with van der Waals surface area (Å²) in [5.41, 5.74) is 3.04. The van der Waals surface area contributed by atoms with Crippen LogP contribution in [0.2, 0.25) is 0 Å². The zero-order chi connectivity index (χ0) is 19.9. The van der Waals surface area contributed by atoms with Crippen LogP contribution < -0.4 is 10.1 Å². The first kappa shape index (κ1) is 19.7. The van der Waals surface area contributed by atoms with Gasteiger partial charge in [0, 0.05) is 21.7 Å². The largest absolute Gasteiger partial charge is 0.497 e. The summed E-state index contributed by atoms with van der Waals surface area (Å²) >= 11 is 1.45. The highest BCUT2D eigenvalue weighted by atomic mass is 32.2. The van der Waals surface area contributed by atoms with Crippen LogP contribution in [0.15, 0.2) is 77.7 Å². The minimum atomic E-state index is -0.211. The lowest BCUT2D eigenvalue weighted by atomic mass is 10.1. The predicted molar refractivity (Wildman–Crippen MR) is 114 cm³/mol. The molecular weight excluding hydrogens is 370 g/mol. The maximum atomic E-state index is 12.4. The molecule has 0 aliphatic rings. The molecule has 0 saturated carbocycles. The lowest BCUT2D eigenvalue weighted by Crippen LogP contribution is -2.11. The Labute approximate surface area is 168 Å². The van der Waals surface area contributed by atoms with Crippen LogP contribution in [0.4, 0.5) is 5.69 Å². The second-order valence-electron chi connectivity index (χ2n) is 6.29. The molecule has 3 rings (SSSR count). The van der Waals surface area contributed by atoms with E-state index in [-0.39, 0.29) is 11.7 Å². The fraction of sp³-hybridized carbons (Fsp3) is 0.130. The van der Waals surface area contributed by atoms with E-state index in [0.29, 0.717) is 28.3 Å². The first-order valence-electron chi connectivity index (χ1n) is 8.83. The molecule has 0 fully saturated rings. The molecule has 0 radical (unpaired) electrons. The van der Waals surface area contributed by atoms with Crippen molar-refractivity contribution in [2.45, 2.75) is 11.8 Å². The maximum absolute atomic E-state index is 12.4. The topological polar surface area (TPSA) is 55.4 Å². The van der Waals surface area contributed by atoms with Crippen LogP contribution in [0, 0.1) is 6.92 Å². The van der Waals surface area contributed by atoms with Crippen molar-refractivity contribution in [2.24, 2.45) is 0 Å². The van der Waals surface area contributed by atoms with E-state index in [1.165, 1.54) is 11.8 Å². The third-order valence-corrected chi connectivity index (χ3v) is 5.16. The van der Waals surface area contributed by atoms with Crippen LogP contribution in [0.3, 0.4) is 0 Å². The van der Waals surface area contributed by atoms with E-state index in [9.17, 15) is 9.59 Å². The Bertz CT molecular complexity index is 983. The Morgan fingerprint density at radius 1 is 0.929 bits per heavy atom. The summed E-state index contributed by atoms with van der Waals surface area (Å²) in [5.74, 6) is 0.843. The van der Waals surface area contributed by atoms with Crippen molar-refractivity contribution in [3.05, 3.63) is 89.5 Å². The number of hydrogen-bond acceptors (Lipinski definition) is 4. The number of hydrogen-bond donors (Lipinski definition) is 1. The number of Topliss-reactive ketones (excluding diaryl/α,β-unsaturated/α-hetero) is 1. The molecule has 1 N–H and O–H groups in total. The zero-order valence-corrected chi connectivity index (χ0v) is 16.6. The van der Waals surface area contributed by atoms with Gasteiger partial charge in [-0.2, -0.15) is 0 Å². The van der Waals surface area contributed by atoms with Crippen molar-refractivity contribution in [1.29, 1.82) is 0 Å². The molecule has 142 valence electrons. The van der Waals surface area contributed by atoms with Gasteiger partial charge in [0.05, 0.1) is 12.9 Å². The molecular formula is C23H21NO3S. The number of carbonyl (C=O) groups excluding carboxylic acids is 2. The van der Waals surface area contributed by atoms with Gasteiger partial charge < -0.3 is 10.1 Å². The lowest BCUT2D eigenvalue weighted by molar-refractivity contribution is 0.101. The average molecular weight is 391 g/mol. The highest BCUT2D eigenvalue weighted by molar-refractivity contribution is 8.00. The van der Waals surface area contributed by atoms with Crippen molar-refractivity contribution in [3.63, 3.8) is 0 Å². The van der Waals surface area contributed by atoms with Gasteiger partial charge in [0.1, 0.15) is 5.75 Å². The average Bonchev–Trinajstić information content (AvgIpc) is 2.73. The second-order valence-corrected chi connectivity index (χ2v) is 7.34. The third kappa shape index (κ3) is 5.24. The molecule has 5 heteroatoms. The number of amides is 1. The number of nitrogens with one attached hydrogen (secondary N) is 1. The van der Waals surface area contributed by atoms with E-state index in [2.05, 4.69) is 5.32 Å². The molecule has 1 amide bonds. The van der Waals surface area contributed by atoms with Crippen LogP contribution in [0.25, 0.3) is 0 Å². The van der Waals surface area contributed by atoms with Crippen LogP contribution >= 0.6 is 11.8 Å². The molecule has 0 heterocycles. The van der Waals surface area contributed by atoms with Gasteiger partial charge in [-0.15, -0.1) is 11.8 Å². The highest BCUT2D eigenvalue weighted by Crippen LogP contribution is 2.23. The van der Waals surface area contributed by atoms with Crippen molar-refractivity contribution in [2.75, 3.05) is 18.2 Å². The minimum absolute atomic E-state index is 0.0795.